The van der Waals surface area contributed by atoms with E-state index in [1.54, 1.807) is 26.4 Å². The number of methoxy groups -OCH3 is 2. The van der Waals surface area contributed by atoms with Crippen molar-refractivity contribution in [3.05, 3.63) is 53.7 Å². The zero-order valence-corrected chi connectivity index (χ0v) is 17.3. The van der Waals surface area contributed by atoms with E-state index in [-0.39, 0.29) is 11.5 Å². The quantitative estimate of drug-likeness (QED) is 0.456. The van der Waals surface area contributed by atoms with E-state index in [0.29, 0.717) is 34.6 Å². The minimum absolute atomic E-state index is 0.0424. The first-order valence-corrected chi connectivity index (χ1v) is 9.28. The Balaban J connectivity index is 2.05. The number of hydrogen-bond donors (Lipinski definition) is 1. The zero-order chi connectivity index (χ0) is 17.4. The molecule has 0 atom stereocenters. The predicted molar refractivity (Wildman–Crippen MR) is 109 cm³/mol. The molecule has 1 aliphatic carbocycles. The van der Waals surface area contributed by atoms with Crippen LogP contribution < -0.4 is 9.47 Å². The third kappa shape index (κ3) is 3.13. The Bertz CT molecular complexity index is 872. The van der Waals surface area contributed by atoms with Crippen LogP contribution in [0, 0.1) is 7.14 Å². The van der Waals surface area contributed by atoms with Gasteiger partial charge in [-0.25, -0.2) is 0 Å². The summed E-state index contributed by atoms with van der Waals surface area (Å²) in [4.78, 5) is 12.7. The monoisotopic (exact) mass is 548 g/mol. The molecule has 124 valence electrons. The van der Waals surface area contributed by atoms with Crippen molar-refractivity contribution in [2.45, 2.75) is 6.42 Å². The first-order chi connectivity index (χ1) is 11.4. The summed E-state index contributed by atoms with van der Waals surface area (Å²) in [6.45, 7) is 0. The molecular formula is C18H14I2O4. The number of aromatic hydroxyl groups is 1. The molecule has 4 nitrogen and oxygen atoms in total. The molecule has 3 rings (SSSR count). The smallest absolute Gasteiger partial charge is 0.189 e. The molecule has 0 spiro atoms. The largest absolute Gasteiger partial charge is 0.506 e. The molecule has 0 radical (unpaired) electrons. The van der Waals surface area contributed by atoms with Gasteiger partial charge in [0, 0.05) is 26.7 Å². The van der Waals surface area contributed by atoms with Crippen molar-refractivity contribution in [1.82, 2.24) is 0 Å². The molecule has 0 bridgehead atoms. The number of Topliss-reactive ketones (excluding diaryl/α,β-unsaturated/α-hetero) is 1. The van der Waals surface area contributed by atoms with Crippen LogP contribution in [0.15, 0.2) is 29.8 Å². The number of allylic oxidation sites excluding steroid dienone is 1. The molecule has 0 aromatic heterocycles. The summed E-state index contributed by atoms with van der Waals surface area (Å²) in [5.41, 5.74) is 2.83. The van der Waals surface area contributed by atoms with Gasteiger partial charge in [-0.15, -0.1) is 0 Å². The Morgan fingerprint density at radius 3 is 2.42 bits per heavy atom. The summed E-state index contributed by atoms with van der Waals surface area (Å²) in [5, 5.41) is 10.2. The number of fused-ring (bicyclic) bond motifs is 1. The van der Waals surface area contributed by atoms with Gasteiger partial charge in [-0.3, -0.25) is 4.79 Å². The fourth-order valence-electron chi connectivity index (χ4n) is 2.74. The number of benzene rings is 2. The lowest BCUT2D eigenvalue weighted by Crippen LogP contribution is -1.98. The van der Waals surface area contributed by atoms with Gasteiger partial charge in [0.05, 0.1) is 17.8 Å². The Hall–Kier alpha value is -1.29. The Labute approximate surface area is 167 Å². The van der Waals surface area contributed by atoms with Gasteiger partial charge in [-0.05, 0) is 81.1 Å². The maximum absolute atomic E-state index is 12.7. The van der Waals surface area contributed by atoms with E-state index in [1.165, 1.54) is 0 Å². The summed E-state index contributed by atoms with van der Waals surface area (Å²) in [7, 11) is 3.12. The highest BCUT2D eigenvalue weighted by Gasteiger charge is 2.27. The number of ether oxygens (including phenoxy) is 2. The maximum Gasteiger partial charge on any atom is 0.189 e. The van der Waals surface area contributed by atoms with Crippen molar-refractivity contribution in [3.8, 4) is 17.2 Å². The highest BCUT2D eigenvalue weighted by molar-refractivity contribution is 14.1. The van der Waals surface area contributed by atoms with Crippen molar-refractivity contribution in [3.63, 3.8) is 0 Å². The molecule has 24 heavy (non-hydrogen) atoms. The Kier molecular flexibility index (Phi) is 5.05. The lowest BCUT2D eigenvalue weighted by Gasteiger charge is -2.08. The second-order valence-corrected chi connectivity index (χ2v) is 7.77. The minimum atomic E-state index is -0.0424. The molecule has 2 aromatic rings. The van der Waals surface area contributed by atoms with Gasteiger partial charge in [-0.1, -0.05) is 0 Å². The number of phenols is 1. The van der Waals surface area contributed by atoms with Crippen molar-refractivity contribution in [2.24, 2.45) is 0 Å². The number of halogens is 2. The van der Waals surface area contributed by atoms with Gasteiger partial charge in [-0.2, -0.15) is 0 Å². The molecule has 0 heterocycles. The SMILES string of the molecule is COc1cc2c(cc1OC)C(=O)/C(=C/c1cc(I)cc(I)c1O)C2. The molecule has 1 N–H and O–H groups in total. The average Bonchev–Trinajstić information content (AvgIpc) is 2.86. The van der Waals surface area contributed by atoms with E-state index in [1.807, 2.05) is 18.2 Å². The number of carbonyl (C=O) groups excluding carboxylic acids is 1. The van der Waals surface area contributed by atoms with Crippen LogP contribution in [0.1, 0.15) is 21.5 Å². The number of phenolic OH excluding ortho intramolecular Hbond substituents is 1. The minimum Gasteiger partial charge on any atom is -0.506 e. The fraction of sp³-hybridized carbons (Fsp3) is 0.167. The van der Waals surface area contributed by atoms with Gasteiger partial charge in [0.25, 0.3) is 0 Å². The van der Waals surface area contributed by atoms with Crippen LogP contribution in [0.2, 0.25) is 0 Å². The second-order valence-electron chi connectivity index (χ2n) is 5.37. The third-order valence-electron chi connectivity index (χ3n) is 3.91. The van der Waals surface area contributed by atoms with Gasteiger partial charge in [0.1, 0.15) is 5.75 Å². The van der Waals surface area contributed by atoms with Crippen molar-refractivity contribution in [1.29, 1.82) is 0 Å². The predicted octanol–water partition coefficient (Wildman–Crippen LogP) is 4.44. The molecule has 2 aromatic carbocycles. The fourth-order valence-corrected chi connectivity index (χ4v) is 4.63. The molecule has 6 heteroatoms. The topological polar surface area (TPSA) is 55.8 Å². The normalized spacial score (nSPS) is 14.8. The molecule has 0 amide bonds. The number of ketones is 1. The van der Waals surface area contributed by atoms with Crippen LogP contribution in [-0.4, -0.2) is 25.1 Å². The highest BCUT2D eigenvalue weighted by atomic mass is 127. The highest BCUT2D eigenvalue weighted by Crippen LogP contribution is 2.38. The van der Waals surface area contributed by atoms with Crippen LogP contribution in [-0.2, 0) is 6.42 Å². The van der Waals surface area contributed by atoms with Crippen molar-refractivity contribution < 1.29 is 19.4 Å². The van der Waals surface area contributed by atoms with E-state index >= 15 is 0 Å². The summed E-state index contributed by atoms with van der Waals surface area (Å²) in [6, 6.07) is 7.31. The zero-order valence-electron chi connectivity index (χ0n) is 13.0. The maximum atomic E-state index is 12.7. The Morgan fingerprint density at radius 2 is 1.75 bits per heavy atom. The lowest BCUT2D eigenvalue weighted by molar-refractivity contribution is 0.104. The molecule has 0 aliphatic heterocycles. The molecule has 0 saturated carbocycles. The summed E-state index contributed by atoms with van der Waals surface area (Å²) in [6.07, 6.45) is 2.27. The van der Waals surface area contributed by atoms with E-state index in [9.17, 15) is 9.90 Å². The van der Waals surface area contributed by atoms with Crippen LogP contribution in [0.4, 0.5) is 0 Å². The average molecular weight is 548 g/mol. The van der Waals surface area contributed by atoms with Crippen LogP contribution in [0.25, 0.3) is 6.08 Å². The standard InChI is InChI=1S/C18H14I2O4/c1-23-15-6-9-3-10(17(21)13(9)8-16(15)24-2)4-11-5-12(19)7-14(20)18(11)22/h4-8,22H,3H2,1-2H3/b10-4+. The third-order valence-corrected chi connectivity index (χ3v) is 5.36. The number of carbonyl (C=O) groups is 1. The molecule has 1 aliphatic rings. The van der Waals surface area contributed by atoms with Crippen molar-refractivity contribution >= 4 is 57.0 Å². The van der Waals surface area contributed by atoms with Crippen LogP contribution in [0.3, 0.4) is 0 Å². The van der Waals surface area contributed by atoms with Crippen LogP contribution in [0.5, 0.6) is 17.2 Å². The second kappa shape index (κ2) is 6.91. The molecule has 0 saturated heterocycles. The number of rotatable bonds is 3. The molecule has 0 unspecified atom stereocenters. The first-order valence-electron chi connectivity index (χ1n) is 7.12. The van der Waals surface area contributed by atoms with Gasteiger partial charge in [0.15, 0.2) is 17.3 Å². The van der Waals surface area contributed by atoms with E-state index in [0.717, 1.165) is 12.7 Å². The van der Waals surface area contributed by atoms with Crippen molar-refractivity contribution in [2.75, 3.05) is 14.2 Å². The molecular weight excluding hydrogens is 534 g/mol. The van der Waals surface area contributed by atoms with Gasteiger partial charge >= 0.3 is 0 Å². The van der Waals surface area contributed by atoms with Crippen LogP contribution >= 0.6 is 45.2 Å². The van der Waals surface area contributed by atoms with E-state index in [4.69, 9.17) is 9.47 Å². The summed E-state index contributed by atoms with van der Waals surface area (Å²) in [5.74, 6) is 1.30. The number of hydrogen-bond acceptors (Lipinski definition) is 4. The summed E-state index contributed by atoms with van der Waals surface area (Å²) >= 11 is 4.28. The Morgan fingerprint density at radius 1 is 1.08 bits per heavy atom. The lowest BCUT2D eigenvalue weighted by atomic mass is 10.1. The first kappa shape index (κ1) is 17.5. The summed E-state index contributed by atoms with van der Waals surface area (Å²) < 4.78 is 12.3. The van der Waals surface area contributed by atoms with Gasteiger partial charge < -0.3 is 14.6 Å². The van der Waals surface area contributed by atoms with E-state index < -0.39 is 0 Å². The van der Waals surface area contributed by atoms with Gasteiger partial charge in [0.2, 0.25) is 0 Å². The van der Waals surface area contributed by atoms with E-state index in [2.05, 4.69) is 45.2 Å². The molecule has 0 fully saturated rings.